The number of nitrogens with zero attached hydrogens (tertiary/aromatic N) is 2. The molecule has 0 spiro atoms. The maximum absolute atomic E-state index is 11.9. The minimum atomic E-state index is 0.0576. The second kappa shape index (κ2) is 2.79. The van der Waals surface area contributed by atoms with Crippen LogP contribution in [0.3, 0.4) is 0 Å². The third-order valence-corrected chi connectivity index (χ3v) is 2.82. The fourth-order valence-electron chi connectivity index (χ4n) is 1.95. The van der Waals surface area contributed by atoms with Crippen LogP contribution in [0.5, 0.6) is 0 Å². The lowest BCUT2D eigenvalue weighted by Crippen LogP contribution is -2.15. The minimum absolute atomic E-state index is 0.0576. The Morgan fingerprint density at radius 1 is 1.40 bits per heavy atom. The highest BCUT2D eigenvalue weighted by molar-refractivity contribution is 5.89. The van der Waals surface area contributed by atoms with E-state index in [4.69, 9.17) is 0 Å². The van der Waals surface area contributed by atoms with Crippen LogP contribution in [0.1, 0.15) is 5.56 Å². The van der Waals surface area contributed by atoms with Gasteiger partial charge in [-0.2, -0.15) is 0 Å². The number of hydrogen-bond acceptors (Lipinski definition) is 2. The number of hydrogen-bond donors (Lipinski definition) is 0. The smallest absolute Gasteiger partial charge is 0.258 e. The molecule has 15 heavy (non-hydrogen) atoms. The maximum Gasteiger partial charge on any atom is 0.258 e. The first-order valence-corrected chi connectivity index (χ1v) is 4.90. The molecule has 3 nitrogen and oxygen atoms in total. The van der Waals surface area contributed by atoms with E-state index in [9.17, 15) is 4.79 Å². The molecule has 1 aliphatic rings. The van der Waals surface area contributed by atoms with Crippen LogP contribution in [0.15, 0.2) is 34.2 Å². The molecule has 0 amide bonds. The molecule has 0 bridgehead atoms. The van der Waals surface area contributed by atoms with Crippen LogP contribution >= 0.6 is 0 Å². The molecule has 0 radical (unpaired) electrons. The monoisotopic (exact) mass is 198 g/mol. The summed E-state index contributed by atoms with van der Waals surface area (Å²) >= 11 is 0. The lowest BCUT2D eigenvalue weighted by Gasteiger charge is -2.03. The number of aryl methyl sites for hydroxylation is 1. The van der Waals surface area contributed by atoms with Gasteiger partial charge in [-0.25, -0.2) is 0 Å². The molecule has 0 saturated carbocycles. The molecule has 2 heterocycles. The van der Waals surface area contributed by atoms with E-state index < -0.39 is 0 Å². The first-order chi connectivity index (χ1) is 7.25. The summed E-state index contributed by atoms with van der Waals surface area (Å²) in [5.74, 6) is 0. The zero-order valence-corrected chi connectivity index (χ0v) is 8.40. The van der Waals surface area contributed by atoms with Crippen molar-refractivity contribution in [3.8, 4) is 0 Å². The molecule has 0 unspecified atom stereocenters. The zero-order valence-electron chi connectivity index (χ0n) is 8.40. The largest absolute Gasteiger partial charge is 0.318 e. The molecule has 3 rings (SSSR count). The van der Waals surface area contributed by atoms with Crippen molar-refractivity contribution in [2.75, 3.05) is 0 Å². The van der Waals surface area contributed by atoms with Crippen molar-refractivity contribution in [3.63, 3.8) is 0 Å². The summed E-state index contributed by atoms with van der Waals surface area (Å²) in [6.07, 6.45) is 4.51. The SMILES string of the molecule is Cn1ccc2cc3c(cc2c1=O)CC=N3. The van der Waals surface area contributed by atoms with E-state index in [1.165, 1.54) is 0 Å². The number of benzene rings is 1. The van der Waals surface area contributed by atoms with E-state index in [0.717, 1.165) is 28.4 Å². The van der Waals surface area contributed by atoms with Crippen LogP contribution in [-0.4, -0.2) is 10.8 Å². The van der Waals surface area contributed by atoms with E-state index in [2.05, 4.69) is 4.99 Å². The summed E-state index contributed by atoms with van der Waals surface area (Å²) in [6.45, 7) is 0. The average molecular weight is 198 g/mol. The van der Waals surface area contributed by atoms with Crippen molar-refractivity contribution in [1.29, 1.82) is 0 Å². The number of fused-ring (bicyclic) bond motifs is 2. The van der Waals surface area contributed by atoms with Gasteiger partial charge in [0.1, 0.15) is 0 Å². The summed E-state index contributed by atoms with van der Waals surface area (Å²) < 4.78 is 1.60. The van der Waals surface area contributed by atoms with Gasteiger partial charge in [0.25, 0.3) is 5.56 Å². The molecule has 0 saturated heterocycles. The summed E-state index contributed by atoms with van der Waals surface area (Å²) in [7, 11) is 1.77. The summed E-state index contributed by atoms with van der Waals surface area (Å²) in [5, 5.41) is 1.75. The molecule has 1 aromatic carbocycles. The first kappa shape index (κ1) is 8.41. The standard InChI is InChI=1S/C12H10N2O/c1-14-5-3-8-7-11-9(2-4-13-11)6-10(8)12(14)15/h3-7H,2H2,1H3. The van der Waals surface area contributed by atoms with Crippen LogP contribution in [0.2, 0.25) is 0 Å². The normalized spacial score (nSPS) is 13.4. The second-order valence-electron chi connectivity index (χ2n) is 3.82. The van der Waals surface area contributed by atoms with Crippen LogP contribution < -0.4 is 5.56 Å². The molecule has 0 aliphatic carbocycles. The van der Waals surface area contributed by atoms with Crippen LogP contribution in [0.25, 0.3) is 10.8 Å². The van der Waals surface area contributed by atoms with Crippen molar-refractivity contribution < 1.29 is 0 Å². The van der Waals surface area contributed by atoms with Gasteiger partial charge in [0.05, 0.1) is 5.69 Å². The highest BCUT2D eigenvalue weighted by Crippen LogP contribution is 2.27. The number of rotatable bonds is 0. The summed E-state index contributed by atoms with van der Waals surface area (Å²) in [4.78, 5) is 16.1. The van der Waals surface area contributed by atoms with Crippen molar-refractivity contribution in [3.05, 3.63) is 40.3 Å². The minimum Gasteiger partial charge on any atom is -0.318 e. The molecule has 0 N–H and O–H groups in total. The van der Waals surface area contributed by atoms with Crippen LogP contribution in [-0.2, 0) is 13.5 Å². The molecule has 1 aromatic heterocycles. The Bertz CT molecular complexity index is 638. The third-order valence-electron chi connectivity index (χ3n) is 2.82. The van der Waals surface area contributed by atoms with Crippen LogP contribution in [0, 0.1) is 0 Å². The molecule has 3 heteroatoms. The number of aliphatic imine (C=N–C) groups is 1. The lowest BCUT2D eigenvalue weighted by atomic mass is 10.1. The van der Waals surface area contributed by atoms with Gasteiger partial charge in [0.15, 0.2) is 0 Å². The fraction of sp³-hybridized carbons (Fsp3) is 0.167. The molecule has 1 aliphatic heterocycles. The summed E-state index contributed by atoms with van der Waals surface area (Å²) in [5.41, 5.74) is 2.20. The Morgan fingerprint density at radius 2 is 2.27 bits per heavy atom. The molecular weight excluding hydrogens is 188 g/mol. The third kappa shape index (κ3) is 1.13. The van der Waals surface area contributed by atoms with E-state index >= 15 is 0 Å². The Kier molecular flexibility index (Phi) is 1.57. The number of pyridine rings is 1. The van der Waals surface area contributed by atoms with Gasteiger partial charge in [-0.05, 0) is 29.1 Å². The van der Waals surface area contributed by atoms with Crippen molar-refractivity contribution in [2.45, 2.75) is 6.42 Å². The predicted molar refractivity (Wildman–Crippen MR) is 61.0 cm³/mol. The Hall–Kier alpha value is -1.90. The first-order valence-electron chi connectivity index (χ1n) is 4.90. The Morgan fingerprint density at radius 3 is 3.13 bits per heavy atom. The van der Waals surface area contributed by atoms with Crippen LogP contribution in [0.4, 0.5) is 5.69 Å². The Labute approximate surface area is 86.7 Å². The maximum atomic E-state index is 11.9. The highest BCUT2D eigenvalue weighted by Gasteiger charge is 2.09. The topological polar surface area (TPSA) is 34.4 Å². The second-order valence-corrected chi connectivity index (χ2v) is 3.82. The van der Waals surface area contributed by atoms with Crippen molar-refractivity contribution >= 4 is 22.7 Å². The lowest BCUT2D eigenvalue weighted by molar-refractivity contribution is 0.873. The zero-order chi connectivity index (χ0) is 10.4. The quantitative estimate of drug-likeness (QED) is 0.635. The molecule has 74 valence electrons. The van der Waals surface area contributed by atoms with Gasteiger partial charge in [-0.1, -0.05) is 0 Å². The molecule has 2 aromatic rings. The van der Waals surface area contributed by atoms with E-state index in [1.807, 2.05) is 24.4 Å². The van der Waals surface area contributed by atoms with E-state index in [-0.39, 0.29) is 5.56 Å². The van der Waals surface area contributed by atoms with Gasteiger partial charge in [-0.3, -0.25) is 9.79 Å². The van der Waals surface area contributed by atoms with E-state index in [0.29, 0.717) is 0 Å². The summed E-state index contributed by atoms with van der Waals surface area (Å²) in [6, 6.07) is 5.89. The highest BCUT2D eigenvalue weighted by atomic mass is 16.1. The van der Waals surface area contributed by atoms with E-state index in [1.54, 1.807) is 17.8 Å². The average Bonchev–Trinajstić information content (AvgIpc) is 2.68. The predicted octanol–water partition coefficient (Wildman–Crippen LogP) is 1.80. The fourth-order valence-corrected chi connectivity index (χ4v) is 1.95. The van der Waals surface area contributed by atoms with Crippen molar-refractivity contribution in [1.82, 2.24) is 4.57 Å². The van der Waals surface area contributed by atoms with Crippen molar-refractivity contribution in [2.24, 2.45) is 12.0 Å². The van der Waals surface area contributed by atoms with Gasteiger partial charge in [0, 0.05) is 31.3 Å². The van der Waals surface area contributed by atoms with Gasteiger partial charge < -0.3 is 4.57 Å². The van der Waals surface area contributed by atoms with Gasteiger partial charge in [0.2, 0.25) is 0 Å². The van der Waals surface area contributed by atoms with Gasteiger partial charge >= 0.3 is 0 Å². The molecular formula is C12H10N2O. The van der Waals surface area contributed by atoms with Gasteiger partial charge in [-0.15, -0.1) is 0 Å². The number of aromatic nitrogens is 1. The molecule has 0 atom stereocenters. The molecule has 0 fully saturated rings. The Balaban J connectivity index is 2.46.